The summed E-state index contributed by atoms with van der Waals surface area (Å²) in [5, 5.41) is 0.501. The fourth-order valence-electron chi connectivity index (χ4n) is 3.09. The number of nitrogens with one attached hydrogen (secondary N) is 2. The highest BCUT2D eigenvalue weighted by molar-refractivity contribution is 7.80. The molecular weight excluding hydrogens is 378 g/mol. The summed E-state index contributed by atoms with van der Waals surface area (Å²) in [6.45, 7) is 2.42. The highest BCUT2D eigenvalue weighted by Gasteiger charge is 2.04. The molecule has 160 valence electrons. The van der Waals surface area contributed by atoms with Gasteiger partial charge in [0.05, 0.1) is 6.54 Å². The molecule has 1 aromatic rings. The number of thiocarbonyl (C=S) groups is 1. The monoisotopic (exact) mass is 413 g/mol. The van der Waals surface area contributed by atoms with Crippen molar-refractivity contribution in [2.75, 3.05) is 6.61 Å². The van der Waals surface area contributed by atoms with Crippen molar-refractivity contribution in [3.63, 3.8) is 0 Å². The number of ether oxygens (including phenoxy) is 1. The first-order chi connectivity index (χ1) is 13.5. The lowest BCUT2D eigenvalue weighted by atomic mass is 10.0. The third-order valence-corrected chi connectivity index (χ3v) is 5.07. The fraction of sp³-hybridized carbons (Fsp3) is 0.800. The van der Waals surface area contributed by atoms with Crippen LogP contribution in [0.15, 0.2) is 14.4 Å². The minimum absolute atomic E-state index is 0.0452. The molecule has 0 unspecified atom stereocenters. The Labute approximate surface area is 171 Å². The first kappa shape index (κ1) is 24.3. The van der Waals surface area contributed by atoms with E-state index in [4.69, 9.17) is 17.0 Å². The molecule has 0 aliphatic carbocycles. The van der Waals surface area contributed by atoms with Crippen LogP contribution in [0, 0.1) is 0 Å². The maximum absolute atomic E-state index is 11.5. The first-order valence-corrected chi connectivity index (χ1v) is 11.0. The maximum Gasteiger partial charge on any atom is 0.333 e. The maximum atomic E-state index is 11.5. The quantitative estimate of drug-likeness (QED) is 0.318. The Bertz CT molecular complexity index is 689. The second-order valence-electron chi connectivity index (χ2n) is 7.20. The van der Waals surface area contributed by atoms with E-state index < -0.39 is 17.1 Å². The molecule has 0 atom stereocenters. The zero-order valence-corrected chi connectivity index (χ0v) is 17.9. The summed E-state index contributed by atoms with van der Waals surface area (Å²) in [4.78, 5) is 38.0. The predicted molar refractivity (Wildman–Crippen MR) is 116 cm³/mol. The lowest BCUT2D eigenvalue weighted by molar-refractivity contribution is 0.278. The van der Waals surface area contributed by atoms with Crippen LogP contribution in [-0.4, -0.2) is 26.2 Å². The van der Waals surface area contributed by atoms with Crippen molar-refractivity contribution in [1.29, 1.82) is 0 Å². The van der Waals surface area contributed by atoms with E-state index in [1.54, 1.807) is 0 Å². The highest BCUT2D eigenvalue weighted by Crippen LogP contribution is 2.12. The number of H-pyrrole nitrogens is 2. The summed E-state index contributed by atoms with van der Waals surface area (Å²) in [5.74, 6) is 0. The Hall–Kier alpha value is -1.70. The molecule has 0 saturated heterocycles. The first-order valence-electron chi connectivity index (χ1n) is 10.6. The summed E-state index contributed by atoms with van der Waals surface area (Å²) in [6.07, 6.45) is 16.2. The van der Waals surface area contributed by atoms with Crippen molar-refractivity contribution < 1.29 is 4.74 Å². The zero-order valence-electron chi connectivity index (χ0n) is 17.1. The van der Waals surface area contributed by atoms with E-state index in [2.05, 4.69) is 6.92 Å². The number of nitrogens with zero attached hydrogens (tertiary/aromatic N) is 1. The molecule has 1 rings (SSSR count). The molecule has 0 bridgehead atoms. The van der Waals surface area contributed by atoms with Gasteiger partial charge in [0.1, 0.15) is 6.61 Å². The summed E-state index contributed by atoms with van der Waals surface area (Å²) in [7, 11) is 0. The van der Waals surface area contributed by atoms with Gasteiger partial charge in [0.2, 0.25) is 0 Å². The third kappa shape index (κ3) is 11.2. The van der Waals surface area contributed by atoms with Crippen molar-refractivity contribution in [2.45, 2.75) is 96.9 Å². The minimum atomic E-state index is -0.810. The molecular formula is C20H35N3O4S. The third-order valence-electron chi connectivity index (χ3n) is 4.74. The molecule has 2 N–H and O–H groups in total. The summed E-state index contributed by atoms with van der Waals surface area (Å²) >= 11 is 5.18. The topological polar surface area (TPSA) is 96.9 Å². The second-order valence-corrected chi connectivity index (χ2v) is 7.66. The second kappa shape index (κ2) is 15.2. The van der Waals surface area contributed by atoms with Crippen molar-refractivity contribution in [3.8, 4) is 0 Å². The van der Waals surface area contributed by atoms with Crippen LogP contribution < -0.4 is 17.1 Å². The van der Waals surface area contributed by atoms with Crippen LogP contribution in [0.2, 0.25) is 0 Å². The largest absolute Gasteiger partial charge is 0.485 e. The number of aromatic nitrogens is 3. The fourth-order valence-corrected chi connectivity index (χ4v) is 3.32. The van der Waals surface area contributed by atoms with Gasteiger partial charge in [-0.05, 0) is 18.6 Å². The Morgan fingerprint density at radius 2 is 1.29 bits per heavy atom. The summed E-state index contributed by atoms with van der Waals surface area (Å²) in [5.41, 5.74) is -2.30. The van der Waals surface area contributed by atoms with Crippen LogP contribution in [-0.2, 0) is 11.3 Å². The van der Waals surface area contributed by atoms with Gasteiger partial charge in [0.25, 0.3) is 0 Å². The van der Waals surface area contributed by atoms with Gasteiger partial charge in [0.15, 0.2) is 5.05 Å². The lowest BCUT2D eigenvalue weighted by Gasteiger charge is -2.08. The molecule has 8 heteroatoms. The lowest BCUT2D eigenvalue weighted by Crippen LogP contribution is -2.43. The molecule has 0 aromatic carbocycles. The molecule has 1 heterocycles. The van der Waals surface area contributed by atoms with Gasteiger partial charge in [-0.25, -0.2) is 19.0 Å². The van der Waals surface area contributed by atoms with E-state index in [1.165, 1.54) is 64.2 Å². The standard InChI is InChI=1S/C20H35N3O4S/c1-2-3-4-5-6-7-8-9-10-11-12-13-14-17(28)27-16-15-23-19(25)21-18(24)22-20(23)26/h2-16H2,1H3,(H2,21,22,24,25,26). The van der Waals surface area contributed by atoms with Gasteiger partial charge in [-0.15, -0.1) is 0 Å². The van der Waals surface area contributed by atoms with Crippen LogP contribution in [0.3, 0.4) is 0 Å². The van der Waals surface area contributed by atoms with Gasteiger partial charge in [0, 0.05) is 6.42 Å². The van der Waals surface area contributed by atoms with Crippen LogP contribution in [0.5, 0.6) is 0 Å². The number of aromatic amines is 2. The van der Waals surface area contributed by atoms with E-state index in [0.29, 0.717) is 11.5 Å². The highest BCUT2D eigenvalue weighted by atomic mass is 32.1. The average Bonchev–Trinajstić information content (AvgIpc) is 2.64. The van der Waals surface area contributed by atoms with Crippen LogP contribution in [0.1, 0.15) is 90.4 Å². The Morgan fingerprint density at radius 3 is 1.79 bits per heavy atom. The van der Waals surface area contributed by atoms with E-state index in [1.807, 2.05) is 9.97 Å². The van der Waals surface area contributed by atoms with Gasteiger partial charge in [-0.1, -0.05) is 77.6 Å². The molecule has 0 fully saturated rings. The predicted octanol–water partition coefficient (Wildman–Crippen LogP) is 3.66. The minimum Gasteiger partial charge on any atom is -0.485 e. The number of unbranched alkanes of at least 4 members (excludes halogenated alkanes) is 11. The van der Waals surface area contributed by atoms with Gasteiger partial charge >= 0.3 is 17.1 Å². The number of rotatable bonds is 16. The van der Waals surface area contributed by atoms with Crippen molar-refractivity contribution in [3.05, 3.63) is 31.5 Å². The van der Waals surface area contributed by atoms with E-state index >= 15 is 0 Å². The molecule has 0 aliphatic heterocycles. The van der Waals surface area contributed by atoms with E-state index in [9.17, 15) is 14.4 Å². The van der Waals surface area contributed by atoms with Crippen molar-refractivity contribution in [1.82, 2.24) is 14.5 Å². The SMILES string of the molecule is CCCCCCCCCCCCCCC(=S)OCCn1c(=O)[nH]c(=O)[nH]c1=O. The average molecular weight is 414 g/mol. The Kier molecular flexibility index (Phi) is 13.3. The Morgan fingerprint density at radius 1 is 0.821 bits per heavy atom. The molecule has 0 spiro atoms. The summed E-state index contributed by atoms with van der Waals surface area (Å²) in [6, 6.07) is 0. The van der Waals surface area contributed by atoms with Gasteiger partial charge in [-0.3, -0.25) is 9.97 Å². The van der Waals surface area contributed by atoms with Gasteiger partial charge in [-0.2, -0.15) is 0 Å². The van der Waals surface area contributed by atoms with E-state index in [0.717, 1.165) is 17.4 Å². The molecule has 0 aliphatic rings. The molecule has 0 radical (unpaired) electrons. The summed E-state index contributed by atoms with van der Waals surface area (Å²) < 4.78 is 6.30. The smallest absolute Gasteiger partial charge is 0.333 e. The number of hydrogen-bond donors (Lipinski definition) is 2. The van der Waals surface area contributed by atoms with E-state index in [-0.39, 0.29) is 13.2 Å². The Balaban J connectivity index is 1.98. The molecule has 0 amide bonds. The number of hydrogen-bond acceptors (Lipinski definition) is 5. The van der Waals surface area contributed by atoms with Crippen molar-refractivity contribution in [2.24, 2.45) is 0 Å². The van der Waals surface area contributed by atoms with Crippen LogP contribution >= 0.6 is 12.2 Å². The molecule has 0 saturated carbocycles. The molecule has 1 aromatic heterocycles. The molecule has 28 heavy (non-hydrogen) atoms. The molecule has 7 nitrogen and oxygen atoms in total. The van der Waals surface area contributed by atoms with Crippen LogP contribution in [0.25, 0.3) is 0 Å². The van der Waals surface area contributed by atoms with Gasteiger partial charge < -0.3 is 4.74 Å². The van der Waals surface area contributed by atoms with Crippen LogP contribution in [0.4, 0.5) is 0 Å². The normalized spacial score (nSPS) is 10.9. The zero-order chi connectivity index (χ0) is 20.6. The van der Waals surface area contributed by atoms with Crippen molar-refractivity contribution >= 4 is 17.3 Å².